The lowest BCUT2D eigenvalue weighted by molar-refractivity contribution is -0.117. The Morgan fingerprint density at radius 3 is 2.21 bits per heavy atom. The van der Waals surface area contributed by atoms with E-state index in [0.29, 0.717) is 6.04 Å². The number of nitrogens with zero attached hydrogens (tertiary/aromatic N) is 3. The number of benzene rings is 3. The number of aromatic nitrogens is 2. The van der Waals surface area contributed by atoms with Crippen LogP contribution in [-0.2, 0) is 4.79 Å². The molecule has 0 radical (unpaired) electrons. The molecule has 2 aliphatic rings. The molecule has 0 unspecified atom stereocenters. The number of amides is 1. The van der Waals surface area contributed by atoms with Crippen molar-refractivity contribution in [1.29, 1.82) is 0 Å². The van der Waals surface area contributed by atoms with E-state index < -0.39 is 0 Å². The van der Waals surface area contributed by atoms with Gasteiger partial charge in [0.15, 0.2) is 0 Å². The highest BCUT2D eigenvalue weighted by Crippen LogP contribution is 2.30. The molecule has 0 bridgehead atoms. The molecule has 7 heteroatoms. The summed E-state index contributed by atoms with van der Waals surface area (Å²) in [6.45, 7) is 13.1. The van der Waals surface area contributed by atoms with Crippen molar-refractivity contribution in [3.63, 3.8) is 0 Å². The van der Waals surface area contributed by atoms with Gasteiger partial charge >= 0.3 is 0 Å². The van der Waals surface area contributed by atoms with Gasteiger partial charge in [0, 0.05) is 54.9 Å². The molecule has 222 valence electrons. The maximum atomic E-state index is 11.4. The summed E-state index contributed by atoms with van der Waals surface area (Å²) >= 11 is 0. The van der Waals surface area contributed by atoms with Gasteiger partial charge in [-0.15, -0.1) is 0 Å². The highest BCUT2D eigenvalue weighted by atomic mass is 16.5. The van der Waals surface area contributed by atoms with Crippen LogP contribution in [0.25, 0.3) is 23.1 Å². The summed E-state index contributed by atoms with van der Waals surface area (Å²) in [5, 5.41) is 11.5. The normalized spacial score (nSPS) is 15.1. The first-order chi connectivity index (χ1) is 20.5. The number of aromatic amines is 1. The molecule has 42 heavy (non-hydrogen) atoms. The van der Waals surface area contributed by atoms with E-state index in [1.165, 1.54) is 11.3 Å². The first-order valence-electron chi connectivity index (χ1n) is 15.2. The Morgan fingerprint density at radius 2 is 1.60 bits per heavy atom. The summed E-state index contributed by atoms with van der Waals surface area (Å²) in [6, 6.07) is 25.1. The fraction of sp³-hybridized carbons (Fsp3) is 0.371. The number of piperazine rings is 1. The molecule has 0 atom stereocenters. The van der Waals surface area contributed by atoms with Gasteiger partial charge in [0.1, 0.15) is 5.75 Å². The summed E-state index contributed by atoms with van der Waals surface area (Å²) in [4.78, 5) is 16.4. The van der Waals surface area contributed by atoms with Crippen LogP contribution in [0.15, 0.2) is 72.8 Å². The topological polar surface area (TPSA) is 73.5 Å². The summed E-state index contributed by atoms with van der Waals surface area (Å²) in [7, 11) is 1.62. The number of rotatable bonds is 7. The molecule has 0 spiro atoms. The average molecular weight is 568 g/mol. The zero-order valence-corrected chi connectivity index (χ0v) is 25.6. The first-order valence-corrected chi connectivity index (χ1v) is 15.2. The maximum Gasteiger partial charge on any atom is 0.227 e. The van der Waals surface area contributed by atoms with E-state index in [4.69, 9.17) is 4.74 Å². The van der Waals surface area contributed by atoms with Crippen molar-refractivity contribution >= 4 is 40.3 Å². The first kappa shape index (κ1) is 30.8. The predicted molar refractivity (Wildman–Crippen MR) is 176 cm³/mol. The van der Waals surface area contributed by atoms with Crippen LogP contribution in [0.2, 0.25) is 0 Å². The van der Waals surface area contributed by atoms with Crippen molar-refractivity contribution in [3.05, 3.63) is 84.1 Å². The molecular formula is C35H45N5O2. The maximum absolute atomic E-state index is 11.4. The van der Waals surface area contributed by atoms with Crippen LogP contribution in [0.3, 0.4) is 0 Å². The molecule has 6 rings (SSSR count). The molecule has 7 nitrogen and oxygen atoms in total. The van der Waals surface area contributed by atoms with Crippen molar-refractivity contribution < 1.29 is 9.53 Å². The predicted octanol–water partition coefficient (Wildman–Crippen LogP) is 7.33. The number of H-pyrrole nitrogens is 1. The van der Waals surface area contributed by atoms with E-state index in [2.05, 4.69) is 81.6 Å². The molecule has 2 heterocycles. The van der Waals surface area contributed by atoms with Crippen molar-refractivity contribution in [3.8, 4) is 5.75 Å². The van der Waals surface area contributed by atoms with Gasteiger partial charge in [0.25, 0.3) is 0 Å². The number of methoxy groups -OCH3 is 1. The zero-order chi connectivity index (χ0) is 29.9. The van der Waals surface area contributed by atoms with Crippen molar-refractivity contribution in [1.82, 2.24) is 15.1 Å². The van der Waals surface area contributed by atoms with Crippen LogP contribution in [0.5, 0.6) is 5.75 Å². The van der Waals surface area contributed by atoms with Crippen molar-refractivity contribution in [2.45, 2.75) is 46.6 Å². The third kappa shape index (κ3) is 8.46. The molecule has 3 aromatic carbocycles. The quantitative estimate of drug-likeness (QED) is 0.245. The van der Waals surface area contributed by atoms with Gasteiger partial charge in [0.05, 0.1) is 18.3 Å². The average Bonchev–Trinajstić information content (AvgIpc) is 3.82. The third-order valence-electron chi connectivity index (χ3n) is 7.54. The number of carbonyl (C=O) groups excluding carboxylic acids is 1. The number of fused-ring (bicyclic) bond motifs is 1. The minimum Gasteiger partial charge on any atom is -0.497 e. The number of nitrogens with one attached hydrogen (secondary N) is 2. The highest BCUT2D eigenvalue weighted by molar-refractivity contribution is 5.94. The molecule has 1 amide bonds. The van der Waals surface area contributed by atoms with Gasteiger partial charge in [-0.3, -0.25) is 14.8 Å². The second kappa shape index (κ2) is 15.2. The monoisotopic (exact) mass is 567 g/mol. The van der Waals surface area contributed by atoms with E-state index in [1.54, 1.807) is 7.11 Å². The molecular weight excluding hydrogens is 522 g/mol. The minimum absolute atomic E-state index is 0.134. The minimum atomic E-state index is 0.134. The van der Waals surface area contributed by atoms with Gasteiger partial charge in [-0.25, -0.2) is 0 Å². The van der Waals surface area contributed by atoms with Crippen molar-refractivity contribution in [2.24, 2.45) is 5.92 Å². The summed E-state index contributed by atoms with van der Waals surface area (Å²) < 4.78 is 5.02. The third-order valence-corrected chi connectivity index (χ3v) is 7.54. The molecule has 1 aromatic heterocycles. The molecule has 1 aliphatic heterocycles. The Bertz CT molecular complexity index is 1410. The van der Waals surface area contributed by atoms with Crippen LogP contribution < -0.4 is 15.0 Å². The number of hydrogen-bond donors (Lipinski definition) is 2. The fourth-order valence-electron chi connectivity index (χ4n) is 4.84. The number of anilines is 2. The van der Waals surface area contributed by atoms with Crippen LogP contribution in [0, 0.1) is 5.92 Å². The molecule has 4 aromatic rings. The van der Waals surface area contributed by atoms with E-state index in [0.717, 1.165) is 67.1 Å². The molecule has 2 N–H and O–H groups in total. The second-order valence-electron chi connectivity index (χ2n) is 10.7. The fourth-order valence-corrected chi connectivity index (χ4v) is 4.84. The van der Waals surface area contributed by atoms with Gasteiger partial charge in [-0.2, -0.15) is 5.10 Å². The SMILES string of the molecule is CC.CC(C)N1CCN(c2ccc(/C=C/c3n[nH]c4ccccc34)cc2)CC1.COc1ccc(NC(=O)C2CC2)cc1. The van der Waals surface area contributed by atoms with Crippen LogP contribution in [0.4, 0.5) is 11.4 Å². The Kier molecular flexibility index (Phi) is 11.2. The lowest BCUT2D eigenvalue weighted by Crippen LogP contribution is -2.48. The molecule has 2 fully saturated rings. The summed E-state index contributed by atoms with van der Waals surface area (Å²) in [5.74, 6) is 1.18. The Hall–Kier alpha value is -4.10. The lowest BCUT2D eigenvalue weighted by Gasteiger charge is -2.38. The van der Waals surface area contributed by atoms with Crippen molar-refractivity contribution in [2.75, 3.05) is 43.5 Å². The van der Waals surface area contributed by atoms with E-state index in [1.807, 2.05) is 56.3 Å². The molecule has 1 aliphatic carbocycles. The number of hydrogen-bond acceptors (Lipinski definition) is 5. The molecule has 1 saturated carbocycles. The van der Waals surface area contributed by atoms with Crippen LogP contribution in [-0.4, -0.2) is 60.3 Å². The zero-order valence-electron chi connectivity index (χ0n) is 25.6. The summed E-state index contributed by atoms with van der Waals surface area (Å²) in [5.41, 5.74) is 5.40. The number of carbonyl (C=O) groups is 1. The van der Waals surface area contributed by atoms with E-state index in [-0.39, 0.29) is 11.8 Å². The Labute approximate surface area is 250 Å². The van der Waals surface area contributed by atoms with E-state index >= 15 is 0 Å². The smallest absolute Gasteiger partial charge is 0.227 e. The van der Waals surface area contributed by atoms with Crippen LogP contribution >= 0.6 is 0 Å². The molecule has 1 saturated heterocycles. The highest BCUT2D eigenvalue weighted by Gasteiger charge is 2.29. The number of ether oxygens (including phenoxy) is 1. The van der Waals surface area contributed by atoms with E-state index in [9.17, 15) is 4.79 Å². The standard InChI is InChI=1S/C22H26N4.C11H13NO2.C2H6/c1-17(2)25-13-15-26(16-14-25)19-10-7-18(8-11-19)9-12-22-20-5-3-4-6-21(20)23-24-22;1-14-10-6-4-9(5-7-10)12-11(13)8-2-3-8;1-2/h3-12,17H,13-16H2,1-2H3,(H,23,24);4-8H,2-3H2,1H3,(H,12,13);1-2H3/b12-9+;;. The van der Waals surface area contributed by atoms with Gasteiger partial charge in [-0.1, -0.05) is 50.3 Å². The summed E-state index contributed by atoms with van der Waals surface area (Å²) in [6.07, 6.45) is 6.27. The van der Waals surface area contributed by atoms with Gasteiger partial charge in [-0.05, 0) is 80.8 Å². The second-order valence-corrected chi connectivity index (χ2v) is 10.7. The van der Waals surface area contributed by atoms with Gasteiger partial charge in [0.2, 0.25) is 5.91 Å². The largest absolute Gasteiger partial charge is 0.497 e. The Morgan fingerprint density at radius 1 is 0.929 bits per heavy atom. The Balaban J connectivity index is 0.000000214. The number of para-hydroxylation sites is 1. The van der Waals surface area contributed by atoms with Gasteiger partial charge < -0.3 is 15.0 Å². The lowest BCUT2D eigenvalue weighted by atomic mass is 10.1. The van der Waals surface area contributed by atoms with Crippen LogP contribution in [0.1, 0.15) is 51.8 Å².